The molecule has 2 N–H and O–H groups in total. The van der Waals surface area contributed by atoms with Gasteiger partial charge >= 0.3 is 0 Å². The summed E-state index contributed by atoms with van der Waals surface area (Å²) in [6, 6.07) is 2.00. The molecule has 0 saturated carbocycles. The van der Waals surface area contributed by atoms with E-state index in [0.717, 1.165) is 37.9 Å². The Morgan fingerprint density at radius 2 is 2.47 bits per heavy atom. The van der Waals surface area contributed by atoms with Crippen LogP contribution in [-0.2, 0) is 6.42 Å². The van der Waals surface area contributed by atoms with Crippen LogP contribution < -0.4 is 0 Å². The van der Waals surface area contributed by atoms with Gasteiger partial charge in [-0.25, -0.2) is 0 Å². The van der Waals surface area contributed by atoms with E-state index in [1.807, 2.05) is 11.0 Å². The van der Waals surface area contributed by atoms with Crippen molar-refractivity contribution in [3.8, 4) is 0 Å². The molecule has 0 aliphatic carbocycles. The summed E-state index contributed by atoms with van der Waals surface area (Å²) in [5, 5.41) is 16.5. The number of aromatic nitrogens is 2. The zero-order chi connectivity index (χ0) is 13.8. The number of aromatic amines is 1. The van der Waals surface area contributed by atoms with Gasteiger partial charge in [-0.15, -0.1) is 0 Å². The van der Waals surface area contributed by atoms with Crippen LogP contribution in [0, 0.1) is 0 Å². The molecule has 2 unspecified atom stereocenters. The first kappa shape index (κ1) is 14.1. The molecule has 2 rings (SSSR count). The van der Waals surface area contributed by atoms with Crippen LogP contribution in [0.15, 0.2) is 6.07 Å². The molecule has 1 aliphatic rings. The summed E-state index contributed by atoms with van der Waals surface area (Å²) in [5.41, 5.74) is 1.51. The van der Waals surface area contributed by atoms with Crippen molar-refractivity contribution < 1.29 is 9.90 Å². The van der Waals surface area contributed by atoms with E-state index in [2.05, 4.69) is 17.1 Å². The summed E-state index contributed by atoms with van der Waals surface area (Å²) < 4.78 is 0. The van der Waals surface area contributed by atoms with E-state index in [4.69, 9.17) is 0 Å². The highest BCUT2D eigenvalue weighted by Gasteiger charge is 2.31. The Morgan fingerprint density at radius 1 is 1.68 bits per heavy atom. The fraction of sp³-hybridized carbons (Fsp3) is 0.714. The molecule has 2 atom stereocenters. The Balaban J connectivity index is 2.04. The molecule has 1 aliphatic heterocycles. The third kappa shape index (κ3) is 3.35. The average molecular weight is 265 g/mol. The number of hydrogen-bond acceptors (Lipinski definition) is 3. The van der Waals surface area contributed by atoms with Crippen molar-refractivity contribution in [2.45, 2.75) is 58.1 Å². The number of aliphatic hydroxyl groups excluding tert-OH is 1. The summed E-state index contributed by atoms with van der Waals surface area (Å²) in [5.74, 6) is -0.0123. The second kappa shape index (κ2) is 6.19. The summed E-state index contributed by atoms with van der Waals surface area (Å²) in [6.45, 7) is 4.64. The second-order valence-electron chi connectivity index (χ2n) is 5.41. The van der Waals surface area contributed by atoms with Gasteiger partial charge in [0.05, 0.1) is 6.10 Å². The minimum atomic E-state index is -0.367. The molecule has 1 aromatic rings. The van der Waals surface area contributed by atoms with Gasteiger partial charge < -0.3 is 10.0 Å². The number of carbonyl (C=O) groups is 1. The van der Waals surface area contributed by atoms with E-state index in [1.165, 1.54) is 0 Å². The zero-order valence-corrected chi connectivity index (χ0v) is 11.7. The Bertz CT molecular complexity index is 428. The Labute approximate surface area is 114 Å². The lowest BCUT2D eigenvalue weighted by molar-refractivity contribution is 0.0676. The molecule has 5 heteroatoms. The first-order chi connectivity index (χ1) is 9.11. The molecule has 106 valence electrons. The van der Waals surface area contributed by atoms with E-state index >= 15 is 0 Å². The van der Waals surface area contributed by atoms with Crippen molar-refractivity contribution in [2.75, 3.05) is 6.54 Å². The minimum Gasteiger partial charge on any atom is -0.393 e. The van der Waals surface area contributed by atoms with Gasteiger partial charge in [0.2, 0.25) is 0 Å². The average Bonchev–Trinajstić information content (AvgIpc) is 2.97. The third-order valence-corrected chi connectivity index (χ3v) is 3.62. The van der Waals surface area contributed by atoms with Gasteiger partial charge in [0.1, 0.15) is 5.69 Å². The van der Waals surface area contributed by atoms with Gasteiger partial charge in [0.25, 0.3) is 5.91 Å². The lowest BCUT2D eigenvalue weighted by atomic mass is 10.1. The number of nitrogens with one attached hydrogen (secondary N) is 1. The predicted octanol–water partition coefficient (Wildman–Crippen LogP) is 1.74. The molecule has 5 nitrogen and oxygen atoms in total. The predicted molar refractivity (Wildman–Crippen MR) is 72.9 cm³/mol. The van der Waals surface area contributed by atoms with Crippen LogP contribution in [0.1, 0.15) is 55.7 Å². The highest BCUT2D eigenvalue weighted by molar-refractivity contribution is 5.92. The quantitative estimate of drug-likeness (QED) is 0.852. The van der Waals surface area contributed by atoms with E-state index in [9.17, 15) is 9.90 Å². The van der Waals surface area contributed by atoms with E-state index < -0.39 is 0 Å². The molecule has 1 aromatic heterocycles. The van der Waals surface area contributed by atoms with Gasteiger partial charge in [-0.3, -0.25) is 9.89 Å². The standard InChI is InChI=1S/C14H23N3O2/c1-3-5-11-9-13(16-15-11)14(19)17-7-4-6-12(17)8-10(2)18/h9-10,12,18H,3-8H2,1-2H3,(H,15,16). The van der Waals surface area contributed by atoms with Gasteiger partial charge in [-0.2, -0.15) is 5.10 Å². The molecule has 1 fully saturated rings. The zero-order valence-electron chi connectivity index (χ0n) is 11.7. The Kier molecular flexibility index (Phi) is 4.58. The van der Waals surface area contributed by atoms with E-state index in [1.54, 1.807) is 6.92 Å². The molecular formula is C14H23N3O2. The maximum Gasteiger partial charge on any atom is 0.274 e. The highest BCUT2D eigenvalue weighted by atomic mass is 16.3. The van der Waals surface area contributed by atoms with E-state index in [0.29, 0.717) is 12.1 Å². The SMILES string of the molecule is CCCc1cc(C(=O)N2CCCC2CC(C)O)n[nH]1. The molecule has 1 saturated heterocycles. The molecule has 0 spiro atoms. The molecule has 2 heterocycles. The van der Waals surface area contributed by atoms with E-state index in [-0.39, 0.29) is 18.1 Å². The molecule has 0 radical (unpaired) electrons. The van der Waals surface area contributed by atoms with Crippen molar-refractivity contribution in [3.05, 3.63) is 17.5 Å². The third-order valence-electron chi connectivity index (χ3n) is 3.62. The van der Waals surface area contributed by atoms with Crippen molar-refractivity contribution in [1.29, 1.82) is 0 Å². The van der Waals surface area contributed by atoms with Crippen molar-refractivity contribution in [3.63, 3.8) is 0 Å². The number of rotatable bonds is 5. The van der Waals surface area contributed by atoms with Crippen LogP contribution in [0.2, 0.25) is 0 Å². The van der Waals surface area contributed by atoms with Crippen molar-refractivity contribution in [2.24, 2.45) is 0 Å². The van der Waals surface area contributed by atoms with Crippen LogP contribution >= 0.6 is 0 Å². The summed E-state index contributed by atoms with van der Waals surface area (Å²) in [6.07, 6.45) is 4.21. The molecule has 0 aromatic carbocycles. The number of H-pyrrole nitrogens is 1. The molecule has 19 heavy (non-hydrogen) atoms. The van der Waals surface area contributed by atoms with Gasteiger partial charge in [0, 0.05) is 18.3 Å². The van der Waals surface area contributed by atoms with Crippen LogP contribution in [0.5, 0.6) is 0 Å². The van der Waals surface area contributed by atoms with Crippen LogP contribution in [0.3, 0.4) is 0 Å². The number of carbonyl (C=O) groups excluding carboxylic acids is 1. The summed E-state index contributed by atoms with van der Waals surface area (Å²) >= 11 is 0. The normalized spacial score (nSPS) is 20.8. The number of amides is 1. The summed E-state index contributed by atoms with van der Waals surface area (Å²) in [7, 11) is 0. The Morgan fingerprint density at radius 3 is 3.16 bits per heavy atom. The van der Waals surface area contributed by atoms with Gasteiger partial charge in [-0.05, 0) is 38.7 Å². The smallest absolute Gasteiger partial charge is 0.274 e. The van der Waals surface area contributed by atoms with Crippen LogP contribution in [0.4, 0.5) is 0 Å². The fourth-order valence-electron chi connectivity index (χ4n) is 2.76. The second-order valence-corrected chi connectivity index (χ2v) is 5.41. The fourth-order valence-corrected chi connectivity index (χ4v) is 2.76. The topological polar surface area (TPSA) is 69.2 Å². The Hall–Kier alpha value is -1.36. The lowest BCUT2D eigenvalue weighted by Gasteiger charge is -2.24. The number of hydrogen-bond donors (Lipinski definition) is 2. The minimum absolute atomic E-state index is 0.0123. The van der Waals surface area contributed by atoms with Crippen molar-refractivity contribution >= 4 is 5.91 Å². The number of aliphatic hydroxyl groups is 1. The maximum absolute atomic E-state index is 12.4. The molecule has 0 bridgehead atoms. The first-order valence-corrected chi connectivity index (χ1v) is 7.15. The number of likely N-dealkylation sites (tertiary alicyclic amines) is 1. The van der Waals surface area contributed by atoms with Crippen molar-refractivity contribution in [1.82, 2.24) is 15.1 Å². The first-order valence-electron chi connectivity index (χ1n) is 7.15. The molecular weight excluding hydrogens is 242 g/mol. The number of nitrogens with zero attached hydrogens (tertiary/aromatic N) is 2. The van der Waals surface area contributed by atoms with Gasteiger partial charge in [0.15, 0.2) is 0 Å². The maximum atomic E-state index is 12.4. The molecule has 1 amide bonds. The summed E-state index contributed by atoms with van der Waals surface area (Å²) in [4.78, 5) is 14.3. The van der Waals surface area contributed by atoms with Crippen LogP contribution in [-0.4, -0.2) is 44.8 Å². The number of aryl methyl sites for hydroxylation is 1. The van der Waals surface area contributed by atoms with Crippen LogP contribution in [0.25, 0.3) is 0 Å². The van der Waals surface area contributed by atoms with Gasteiger partial charge in [-0.1, -0.05) is 13.3 Å². The monoisotopic (exact) mass is 265 g/mol. The largest absolute Gasteiger partial charge is 0.393 e. The lowest BCUT2D eigenvalue weighted by Crippen LogP contribution is -2.37. The highest BCUT2D eigenvalue weighted by Crippen LogP contribution is 2.23.